The van der Waals surface area contributed by atoms with Crippen molar-refractivity contribution in [2.45, 2.75) is 46.9 Å². The average Bonchev–Trinajstić information content (AvgIpc) is 3.39. The van der Waals surface area contributed by atoms with Crippen molar-refractivity contribution in [2.75, 3.05) is 26.2 Å². The molecule has 1 atom stereocenters. The Morgan fingerprint density at radius 1 is 0.833 bits per heavy atom. The van der Waals surface area contributed by atoms with Crippen LogP contribution in [0.5, 0.6) is 0 Å². The van der Waals surface area contributed by atoms with Gasteiger partial charge in [-0.25, -0.2) is 17.6 Å². The van der Waals surface area contributed by atoms with Crippen LogP contribution in [0.25, 0.3) is 0 Å². The van der Waals surface area contributed by atoms with Crippen molar-refractivity contribution in [3.05, 3.63) is 65.5 Å². The van der Waals surface area contributed by atoms with Crippen LogP contribution in [-0.4, -0.2) is 79.0 Å². The molecule has 0 aromatic heterocycles. The summed E-state index contributed by atoms with van der Waals surface area (Å²) in [4.78, 5) is 26.6. The van der Waals surface area contributed by atoms with Gasteiger partial charge in [0.05, 0.1) is 10.8 Å². The molecular weight excluding hydrogens is 601 g/mol. The van der Waals surface area contributed by atoms with Gasteiger partial charge >= 0.3 is 24.4 Å². The zero-order chi connectivity index (χ0) is 31.3. The summed E-state index contributed by atoms with van der Waals surface area (Å²) in [6.07, 6.45) is -12.3. The molecule has 1 unspecified atom stereocenters. The lowest BCUT2D eigenvalue weighted by Gasteiger charge is -2.35. The lowest BCUT2D eigenvalue weighted by atomic mass is 9.89. The maximum atomic E-state index is 14.0. The maximum absolute atomic E-state index is 14.0. The van der Waals surface area contributed by atoms with Crippen molar-refractivity contribution in [3.63, 3.8) is 0 Å². The molecule has 0 radical (unpaired) electrons. The molecule has 42 heavy (non-hydrogen) atoms. The Kier molecular flexibility index (Phi) is 8.04. The van der Waals surface area contributed by atoms with E-state index in [9.17, 15) is 59.0 Å². The van der Waals surface area contributed by atoms with E-state index < -0.39 is 73.3 Å². The molecule has 2 aliphatic heterocycles. The first-order chi connectivity index (χ1) is 19.3. The van der Waals surface area contributed by atoms with E-state index in [1.807, 2.05) is 0 Å². The number of piperidine rings is 1. The number of benzene rings is 2. The number of nitrogens with zero attached hydrogens (tertiary/aromatic N) is 2. The molecule has 2 N–H and O–H groups in total. The number of carbonyl (C=O) groups is 2. The first-order valence-corrected chi connectivity index (χ1v) is 14.1. The molecule has 4 rings (SSSR count). The van der Waals surface area contributed by atoms with E-state index in [2.05, 4.69) is 0 Å². The van der Waals surface area contributed by atoms with Crippen LogP contribution in [-0.2, 0) is 25.0 Å². The van der Waals surface area contributed by atoms with Crippen LogP contribution < -0.4 is 0 Å². The van der Waals surface area contributed by atoms with Crippen molar-refractivity contribution in [1.29, 1.82) is 0 Å². The van der Waals surface area contributed by atoms with E-state index in [-0.39, 0.29) is 44.5 Å². The Morgan fingerprint density at radius 3 is 1.83 bits per heavy atom. The van der Waals surface area contributed by atoms with Crippen molar-refractivity contribution in [3.8, 4) is 0 Å². The second-order valence-electron chi connectivity index (χ2n) is 10.3. The highest BCUT2D eigenvalue weighted by Gasteiger charge is 2.71. The lowest BCUT2D eigenvalue weighted by molar-refractivity contribution is -0.376. The van der Waals surface area contributed by atoms with Crippen molar-refractivity contribution in [2.24, 2.45) is 5.92 Å². The number of aliphatic carboxylic acids is 1. The molecule has 230 valence electrons. The van der Waals surface area contributed by atoms with Crippen LogP contribution in [0.4, 0.5) is 35.5 Å². The van der Waals surface area contributed by atoms with Crippen LogP contribution in [0.15, 0.2) is 53.4 Å². The van der Waals surface area contributed by atoms with Crippen LogP contribution in [0.1, 0.15) is 30.4 Å². The highest BCUT2D eigenvalue weighted by atomic mass is 32.2. The zero-order valence-corrected chi connectivity index (χ0v) is 22.4. The first kappa shape index (κ1) is 31.5. The van der Waals surface area contributed by atoms with Crippen LogP contribution >= 0.6 is 0 Å². The minimum absolute atomic E-state index is 0.0756. The number of amides is 2. The quantitative estimate of drug-likeness (QED) is 0.375. The minimum atomic E-state index is -6.16. The van der Waals surface area contributed by atoms with Crippen LogP contribution in [0.2, 0.25) is 0 Å². The van der Waals surface area contributed by atoms with Gasteiger partial charge in [0.2, 0.25) is 0 Å². The molecular formula is C26H25F7N2O6S. The van der Waals surface area contributed by atoms with Gasteiger partial charge < -0.3 is 20.0 Å². The summed E-state index contributed by atoms with van der Waals surface area (Å²) in [7, 11) is -4.56. The third-order valence-corrected chi connectivity index (χ3v) is 10.4. The summed E-state index contributed by atoms with van der Waals surface area (Å²) in [5, 5.41) is 19.0. The topological polar surface area (TPSA) is 115 Å². The monoisotopic (exact) mass is 626 g/mol. The number of hydrogen-bond donors (Lipinski definition) is 2. The predicted octanol–water partition coefficient (Wildman–Crippen LogP) is 4.43. The molecule has 2 aromatic carbocycles. The van der Waals surface area contributed by atoms with Gasteiger partial charge in [0.25, 0.3) is 5.60 Å². The van der Waals surface area contributed by atoms with E-state index >= 15 is 0 Å². The molecule has 2 saturated heterocycles. The third-order valence-electron chi connectivity index (χ3n) is 7.90. The van der Waals surface area contributed by atoms with Gasteiger partial charge in [-0.15, -0.1) is 0 Å². The third kappa shape index (κ3) is 5.18. The molecule has 8 nitrogen and oxygen atoms in total. The van der Waals surface area contributed by atoms with E-state index in [1.165, 1.54) is 4.90 Å². The number of sulfone groups is 1. The van der Waals surface area contributed by atoms with Crippen molar-refractivity contribution in [1.82, 2.24) is 9.80 Å². The maximum Gasteiger partial charge on any atom is 0.430 e. The number of urea groups is 1. The number of likely N-dealkylation sites (tertiary alicyclic amines) is 2. The second kappa shape index (κ2) is 10.7. The molecule has 0 spiro atoms. The Labute approximate surface area is 235 Å². The van der Waals surface area contributed by atoms with Crippen LogP contribution in [0.3, 0.4) is 0 Å². The Balaban J connectivity index is 1.74. The van der Waals surface area contributed by atoms with E-state index in [0.29, 0.717) is 12.1 Å². The number of rotatable bonds is 5. The smallest absolute Gasteiger partial charge is 0.430 e. The highest BCUT2D eigenvalue weighted by Crippen LogP contribution is 2.51. The number of carbonyl (C=O) groups excluding carboxylic acids is 1. The minimum Gasteiger partial charge on any atom is -0.481 e. The fraction of sp³-hybridized carbons (Fsp3) is 0.462. The van der Waals surface area contributed by atoms with Gasteiger partial charge in [-0.05, 0) is 49.1 Å². The van der Waals surface area contributed by atoms with Crippen molar-refractivity contribution >= 4 is 21.8 Å². The summed E-state index contributed by atoms with van der Waals surface area (Å²) in [5.74, 6) is -2.44. The fourth-order valence-electron chi connectivity index (χ4n) is 5.42. The predicted molar refractivity (Wildman–Crippen MR) is 131 cm³/mol. The molecule has 16 heteroatoms. The number of aliphatic hydroxyl groups is 1. The summed E-state index contributed by atoms with van der Waals surface area (Å²) in [5.41, 5.74) is -7.07. The Hall–Kier alpha value is -3.40. The van der Waals surface area contributed by atoms with E-state index in [4.69, 9.17) is 0 Å². The SMILES string of the molecule is O=C(O)C1CCN(C(=O)N2CCC(c3ccc(C(O)(C(F)(F)F)C(F)(F)F)cc3)(S(=O)(=O)c3ccc(F)cc3)C2)CC1. The highest BCUT2D eigenvalue weighted by molar-refractivity contribution is 7.92. The zero-order valence-electron chi connectivity index (χ0n) is 21.6. The number of halogens is 7. The Morgan fingerprint density at radius 2 is 1.36 bits per heavy atom. The number of hydrogen-bond acceptors (Lipinski definition) is 5. The van der Waals surface area contributed by atoms with Gasteiger partial charge in [-0.1, -0.05) is 24.3 Å². The largest absolute Gasteiger partial charge is 0.481 e. The van der Waals surface area contributed by atoms with Gasteiger partial charge in [-0.3, -0.25) is 4.79 Å². The van der Waals surface area contributed by atoms with E-state index in [1.54, 1.807) is 0 Å². The molecule has 2 aromatic rings. The molecule has 2 fully saturated rings. The standard InChI is InChI=1S/C26H25F7N2O6S/c27-19-5-7-20(8-6-19)42(40,41)23(11-14-35(15-23)22(38)34-12-9-16(10-13-34)21(36)37)17-1-3-18(4-2-17)24(39,25(28,29)30)26(31,32)33/h1-8,16,39H,9-15H2,(H,36,37). The first-order valence-electron chi connectivity index (χ1n) is 12.6. The Bertz CT molecular complexity index is 1420. The van der Waals surface area contributed by atoms with Crippen molar-refractivity contribution < 1.29 is 59.0 Å². The van der Waals surface area contributed by atoms with Gasteiger partial charge in [-0.2, -0.15) is 26.3 Å². The number of carboxylic acids is 1. The average molecular weight is 627 g/mol. The van der Waals surface area contributed by atoms with Gasteiger partial charge in [0.15, 0.2) is 9.84 Å². The van der Waals surface area contributed by atoms with Gasteiger partial charge in [0, 0.05) is 31.7 Å². The number of alkyl halides is 6. The number of carboxylic acid groups (broad SMARTS) is 1. The molecule has 2 heterocycles. The van der Waals surface area contributed by atoms with E-state index in [0.717, 1.165) is 41.3 Å². The molecule has 0 bridgehead atoms. The molecule has 0 saturated carbocycles. The lowest BCUT2D eigenvalue weighted by Crippen LogP contribution is -2.54. The van der Waals surface area contributed by atoms with Gasteiger partial charge in [0.1, 0.15) is 10.6 Å². The fourth-order valence-corrected chi connectivity index (χ4v) is 7.49. The molecule has 0 aliphatic carbocycles. The normalized spacial score (nSPS) is 21.0. The summed E-state index contributed by atoms with van der Waals surface area (Å²) in [6, 6.07) is 5.13. The molecule has 2 amide bonds. The summed E-state index contributed by atoms with van der Waals surface area (Å²) < 4.78 is 120. The van der Waals surface area contributed by atoms with Crippen LogP contribution in [0, 0.1) is 11.7 Å². The summed E-state index contributed by atoms with van der Waals surface area (Å²) >= 11 is 0. The summed E-state index contributed by atoms with van der Waals surface area (Å²) in [6.45, 7) is -0.570. The second-order valence-corrected chi connectivity index (χ2v) is 12.5. The molecule has 2 aliphatic rings.